The predicted molar refractivity (Wildman–Crippen MR) is 157 cm³/mol. The van der Waals surface area contributed by atoms with E-state index in [0.29, 0.717) is 13.2 Å². The van der Waals surface area contributed by atoms with Crippen molar-refractivity contribution in [1.29, 1.82) is 0 Å². The van der Waals surface area contributed by atoms with E-state index in [1.807, 2.05) is 18.2 Å². The van der Waals surface area contributed by atoms with E-state index in [4.69, 9.17) is 9.16 Å². The van der Waals surface area contributed by atoms with Gasteiger partial charge in [0.2, 0.25) is 0 Å². The summed E-state index contributed by atoms with van der Waals surface area (Å²) in [5.74, 6) is 0.123. The zero-order chi connectivity index (χ0) is 26.4. The van der Waals surface area contributed by atoms with Crippen molar-refractivity contribution in [3.8, 4) is 0 Å². The van der Waals surface area contributed by atoms with Gasteiger partial charge in [0.15, 0.2) is 0 Å². The second-order valence-electron chi connectivity index (χ2n) is 10.9. The Balaban J connectivity index is 1.45. The maximum Gasteiger partial charge on any atom is 0.261 e. The first-order valence-electron chi connectivity index (χ1n) is 13.8. The van der Waals surface area contributed by atoms with Crippen molar-refractivity contribution in [3.63, 3.8) is 0 Å². The van der Waals surface area contributed by atoms with Gasteiger partial charge in [0.1, 0.15) is 6.29 Å². The molecule has 1 unspecified atom stereocenters. The van der Waals surface area contributed by atoms with Gasteiger partial charge in [-0.05, 0) is 46.7 Å². The van der Waals surface area contributed by atoms with E-state index in [1.54, 1.807) is 0 Å². The first kappa shape index (κ1) is 29.0. The van der Waals surface area contributed by atoms with Gasteiger partial charge in [0.25, 0.3) is 8.32 Å². The number of carbonyl (C=O) groups excluding carboxylic acids is 1. The van der Waals surface area contributed by atoms with E-state index < -0.39 is 8.32 Å². The quantitative estimate of drug-likeness (QED) is 0.118. The topological polar surface area (TPSA) is 35.5 Å². The molecule has 198 valence electrons. The lowest BCUT2D eigenvalue weighted by molar-refractivity contribution is -0.111. The summed E-state index contributed by atoms with van der Waals surface area (Å²) in [6.45, 7) is 9.03. The summed E-state index contributed by atoms with van der Waals surface area (Å²) in [6, 6.07) is 31.8. The van der Waals surface area contributed by atoms with Crippen molar-refractivity contribution in [3.05, 3.63) is 96.6 Å². The van der Waals surface area contributed by atoms with E-state index in [9.17, 15) is 4.79 Å². The summed E-state index contributed by atoms with van der Waals surface area (Å²) >= 11 is 0. The first-order chi connectivity index (χ1) is 18.0. The number of carbonyl (C=O) groups is 1. The van der Waals surface area contributed by atoms with Crippen LogP contribution >= 0.6 is 0 Å². The molecule has 3 aromatic carbocycles. The van der Waals surface area contributed by atoms with Crippen LogP contribution in [0.2, 0.25) is 5.04 Å². The fourth-order valence-corrected chi connectivity index (χ4v) is 9.77. The molecule has 4 heteroatoms. The van der Waals surface area contributed by atoms with Crippen molar-refractivity contribution < 1.29 is 14.0 Å². The highest BCUT2D eigenvalue weighted by Crippen LogP contribution is 2.36. The molecule has 0 saturated carbocycles. The average Bonchev–Trinajstić information content (AvgIpc) is 2.92. The van der Waals surface area contributed by atoms with Crippen LogP contribution < -0.4 is 10.4 Å². The molecule has 0 spiro atoms. The minimum absolute atomic E-state index is 0.000895. The van der Waals surface area contributed by atoms with Crippen molar-refractivity contribution in [2.24, 2.45) is 5.92 Å². The molecule has 3 nitrogen and oxygen atoms in total. The van der Waals surface area contributed by atoms with Crippen LogP contribution in [0, 0.1) is 5.92 Å². The largest absolute Gasteiger partial charge is 0.407 e. The summed E-state index contributed by atoms with van der Waals surface area (Å²) in [6.07, 6.45) is 7.04. The van der Waals surface area contributed by atoms with Crippen molar-refractivity contribution in [2.45, 2.75) is 70.9 Å². The zero-order valence-corrected chi connectivity index (χ0v) is 23.9. The molecule has 0 saturated heterocycles. The van der Waals surface area contributed by atoms with Gasteiger partial charge in [-0.2, -0.15) is 0 Å². The molecule has 3 aromatic rings. The van der Waals surface area contributed by atoms with E-state index in [0.717, 1.165) is 51.4 Å². The molecule has 3 rings (SSSR count). The van der Waals surface area contributed by atoms with Gasteiger partial charge in [-0.3, -0.25) is 0 Å². The number of hydrogen-bond donors (Lipinski definition) is 0. The Morgan fingerprint density at radius 3 is 1.78 bits per heavy atom. The molecule has 0 aliphatic rings. The molecule has 0 fully saturated rings. The van der Waals surface area contributed by atoms with Crippen LogP contribution in [0.5, 0.6) is 0 Å². The number of benzene rings is 3. The summed E-state index contributed by atoms with van der Waals surface area (Å²) in [5.41, 5.74) is 1.19. The smallest absolute Gasteiger partial charge is 0.261 e. The Morgan fingerprint density at radius 1 is 0.703 bits per heavy atom. The number of rotatable bonds is 16. The fourth-order valence-electron chi connectivity index (χ4n) is 5.16. The molecule has 0 bridgehead atoms. The number of ether oxygens (including phenoxy) is 1. The Morgan fingerprint density at radius 2 is 1.24 bits per heavy atom. The molecule has 1 atom stereocenters. The Hall–Kier alpha value is -2.53. The predicted octanol–water partition coefficient (Wildman–Crippen LogP) is 6.94. The van der Waals surface area contributed by atoms with E-state index in [-0.39, 0.29) is 11.0 Å². The Labute approximate surface area is 225 Å². The Kier molecular flexibility index (Phi) is 11.8. The van der Waals surface area contributed by atoms with E-state index in [1.165, 1.54) is 15.9 Å². The normalized spacial score (nSPS) is 12.8. The van der Waals surface area contributed by atoms with Gasteiger partial charge in [-0.15, -0.1) is 0 Å². The van der Waals surface area contributed by atoms with E-state index >= 15 is 0 Å². The van der Waals surface area contributed by atoms with Gasteiger partial charge in [0, 0.05) is 19.1 Å². The van der Waals surface area contributed by atoms with Crippen LogP contribution in [0.1, 0.15) is 64.9 Å². The Bertz CT molecular complexity index is 976. The van der Waals surface area contributed by atoms with Crippen molar-refractivity contribution in [2.75, 3.05) is 13.2 Å². The molecule has 0 aliphatic carbocycles. The first-order valence-corrected chi connectivity index (χ1v) is 15.7. The number of hydrogen-bond acceptors (Lipinski definition) is 3. The zero-order valence-electron chi connectivity index (χ0n) is 22.9. The van der Waals surface area contributed by atoms with Crippen LogP contribution in [0.3, 0.4) is 0 Å². The second-order valence-corrected chi connectivity index (χ2v) is 15.2. The third-order valence-corrected chi connectivity index (χ3v) is 12.2. The maximum atomic E-state index is 11.6. The molecule has 0 aromatic heterocycles. The van der Waals surface area contributed by atoms with Crippen LogP contribution in [0.4, 0.5) is 0 Å². The second kappa shape index (κ2) is 15.0. The van der Waals surface area contributed by atoms with Gasteiger partial charge in [-0.25, -0.2) is 0 Å². The molecule has 0 heterocycles. The minimum Gasteiger partial charge on any atom is -0.407 e. The van der Waals surface area contributed by atoms with Crippen LogP contribution in [0.15, 0.2) is 91.0 Å². The molecular formula is C33H44O3Si. The SMILES string of the molecule is CC(C)(C)[Si](OCCCCCC(C=O)CCCOCc1ccccc1)(c1ccccc1)c1ccccc1. The fraction of sp³-hybridized carbons (Fsp3) is 0.424. The molecule has 0 amide bonds. The molecule has 0 radical (unpaired) electrons. The van der Waals surface area contributed by atoms with Crippen LogP contribution in [-0.4, -0.2) is 27.8 Å². The van der Waals surface area contributed by atoms with E-state index in [2.05, 4.69) is 93.6 Å². The monoisotopic (exact) mass is 516 g/mol. The molecule has 37 heavy (non-hydrogen) atoms. The molecular weight excluding hydrogens is 472 g/mol. The number of unbranched alkanes of at least 4 members (excludes halogenated alkanes) is 2. The van der Waals surface area contributed by atoms with Crippen molar-refractivity contribution in [1.82, 2.24) is 0 Å². The van der Waals surface area contributed by atoms with Gasteiger partial charge < -0.3 is 14.0 Å². The summed E-state index contributed by atoms with van der Waals surface area (Å²) in [7, 11) is -2.46. The highest BCUT2D eigenvalue weighted by Gasteiger charge is 2.49. The highest BCUT2D eigenvalue weighted by atomic mass is 28.4. The maximum absolute atomic E-state index is 11.6. The molecule has 0 aliphatic heterocycles. The molecule has 0 N–H and O–H groups in total. The number of aldehydes is 1. The summed E-state index contributed by atoms with van der Waals surface area (Å²) in [5, 5.41) is 2.65. The third kappa shape index (κ3) is 8.49. The summed E-state index contributed by atoms with van der Waals surface area (Å²) < 4.78 is 12.8. The third-order valence-electron chi connectivity index (χ3n) is 7.12. The lowest BCUT2D eigenvalue weighted by Gasteiger charge is -2.43. The van der Waals surface area contributed by atoms with Gasteiger partial charge >= 0.3 is 0 Å². The summed E-state index contributed by atoms with van der Waals surface area (Å²) in [4.78, 5) is 11.6. The highest BCUT2D eigenvalue weighted by molar-refractivity contribution is 6.99. The van der Waals surface area contributed by atoms with Crippen LogP contribution in [0.25, 0.3) is 0 Å². The minimum atomic E-state index is -2.46. The lowest BCUT2D eigenvalue weighted by Crippen LogP contribution is -2.66. The standard InChI is InChI=1S/C33H44O3Si/c1-33(2,3)37(31-21-11-5-12-22-31,32-23-13-6-14-24-32)36-26-15-7-10-17-29(27-34)20-16-25-35-28-30-18-8-4-9-19-30/h4-6,8-9,11-14,18-19,21-24,27,29H,7,10,15-17,20,25-26,28H2,1-3H3. The average molecular weight is 517 g/mol. The lowest BCUT2D eigenvalue weighted by atomic mass is 9.98. The van der Waals surface area contributed by atoms with Gasteiger partial charge in [-0.1, -0.05) is 125 Å². The van der Waals surface area contributed by atoms with Gasteiger partial charge in [0.05, 0.1) is 6.61 Å². The van der Waals surface area contributed by atoms with Crippen LogP contribution in [-0.2, 0) is 20.6 Å². The van der Waals surface area contributed by atoms with Crippen molar-refractivity contribution >= 4 is 25.0 Å².